The van der Waals surface area contributed by atoms with E-state index in [1.165, 1.54) is 16.8 Å². The molecule has 0 bridgehead atoms. The molecule has 0 amide bonds. The second kappa shape index (κ2) is 5.55. The Morgan fingerprint density at radius 3 is 2.35 bits per heavy atom. The Kier molecular flexibility index (Phi) is 4.33. The number of hydrogen-bond acceptors (Lipinski definition) is 1. The molecule has 108 valence electrons. The summed E-state index contributed by atoms with van der Waals surface area (Å²) in [5, 5.41) is 4.95. The Morgan fingerprint density at radius 1 is 1.25 bits per heavy atom. The van der Waals surface area contributed by atoms with Gasteiger partial charge in [0.1, 0.15) is 16.7 Å². The Morgan fingerprint density at radius 2 is 1.90 bits per heavy atom. The SMILES string of the molecule is CC(C)(C)c1nn(-c2c(F)cccc2Cl)c(Cl)c1CCl. The van der Waals surface area contributed by atoms with Gasteiger partial charge in [0.05, 0.1) is 16.6 Å². The molecule has 0 atom stereocenters. The quantitative estimate of drug-likeness (QED) is 0.676. The van der Waals surface area contributed by atoms with Crippen LogP contribution in [0.2, 0.25) is 10.2 Å². The number of alkyl halides is 1. The van der Waals surface area contributed by atoms with Crippen LogP contribution in [0.25, 0.3) is 5.69 Å². The molecule has 0 radical (unpaired) electrons. The van der Waals surface area contributed by atoms with E-state index in [9.17, 15) is 4.39 Å². The number of para-hydroxylation sites is 1. The fourth-order valence-corrected chi connectivity index (χ4v) is 2.83. The van der Waals surface area contributed by atoms with Crippen LogP contribution in [0.15, 0.2) is 18.2 Å². The van der Waals surface area contributed by atoms with Gasteiger partial charge in [-0.15, -0.1) is 11.6 Å². The van der Waals surface area contributed by atoms with Gasteiger partial charge in [0.15, 0.2) is 0 Å². The van der Waals surface area contributed by atoms with Crippen molar-refractivity contribution in [2.75, 3.05) is 0 Å². The van der Waals surface area contributed by atoms with Crippen LogP contribution in [0.4, 0.5) is 4.39 Å². The summed E-state index contributed by atoms with van der Waals surface area (Å²) >= 11 is 18.3. The standard InChI is InChI=1S/C14H14Cl3FN2/c1-14(2,3)12-8(7-15)13(17)20(19-12)11-9(16)5-4-6-10(11)18/h4-6H,7H2,1-3H3. The number of aromatic nitrogens is 2. The summed E-state index contributed by atoms with van der Waals surface area (Å²) in [7, 11) is 0. The smallest absolute Gasteiger partial charge is 0.150 e. The number of rotatable bonds is 2. The van der Waals surface area contributed by atoms with Gasteiger partial charge in [0.2, 0.25) is 0 Å². The summed E-state index contributed by atoms with van der Waals surface area (Å²) in [6, 6.07) is 4.44. The molecule has 2 rings (SSSR count). The number of halogens is 4. The van der Waals surface area contributed by atoms with Gasteiger partial charge in [-0.25, -0.2) is 9.07 Å². The zero-order valence-corrected chi connectivity index (χ0v) is 13.6. The lowest BCUT2D eigenvalue weighted by molar-refractivity contribution is 0.552. The zero-order chi connectivity index (χ0) is 15.1. The molecular weight excluding hydrogens is 322 g/mol. The Bertz CT molecular complexity index is 624. The maximum absolute atomic E-state index is 14.0. The van der Waals surface area contributed by atoms with Gasteiger partial charge in [-0.2, -0.15) is 5.10 Å². The third-order valence-corrected chi connectivity index (χ3v) is 3.87. The molecule has 0 aliphatic rings. The highest BCUT2D eigenvalue weighted by atomic mass is 35.5. The largest absolute Gasteiger partial charge is 0.217 e. The topological polar surface area (TPSA) is 17.8 Å². The summed E-state index contributed by atoms with van der Waals surface area (Å²) in [6.45, 7) is 5.99. The molecule has 0 unspecified atom stereocenters. The number of hydrogen-bond donors (Lipinski definition) is 0. The van der Waals surface area contributed by atoms with Crippen molar-refractivity contribution in [1.29, 1.82) is 0 Å². The van der Waals surface area contributed by atoms with Crippen LogP contribution in [0.5, 0.6) is 0 Å². The van der Waals surface area contributed by atoms with E-state index in [2.05, 4.69) is 5.10 Å². The van der Waals surface area contributed by atoms with Crippen molar-refractivity contribution >= 4 is 34.8 Å². The summed E-state index contributed by atoms with van der Waals surface area (Å²) in [6.07, 6.45) is 0. The first-order valence-electron chi connectivity index (χ1n) is 6.05. The molecule has 2 nitrogen and oxygen atoms in total. The molecule has 0 saturated carbocycles. The maximum Gasteiger partial charge on any atom is 0.150 e. The van der Waals surface area contributed by atoms with Crippen molar-refractivity contribution < 1.29 is 4.39 Å². The van der Waals surface area contributed by atoms with Crippen LogP contribution in [0.3, 0.4) is 0 Å². The zero-order valence-electron chi connectivity index (χ0n) is 11.3. The van der Waals surface area contributed by atoms with E-state index in [0.29, 0.717) is 5.56 Å². The third kappa shape index (κ3) is 2.67. The van der Waals surface area contributed by atoms with Gasteiger partial charge in [-0.05, 0) is 12.1 Å². The van der Waals surface area contributed by atoms with Gasteiger partial charge in [-0.1, -0.05) is 50.0 Å². The minimum Gasteiger partial charge on any atom is -0.217 e. The molecule has 0 fully saturated rings. The van der Waals surface area contributed by atoms with Crippen LogP contribution >= 0.6 is 34.8 Å². The van der Waals surface area contributed by atoms with Gasteiger partial charge >= 0.3 is 0 Å². The highest BCUT2D eigenvalue weighted by molar-refractivity contribution is 6.33. The minimum absolute atomic E-state index is 0.140. The van der Waals surface area contributed by atoms with Crippen molar-refractivity contribution in [2.45, 2.75) is 32.1 Å². The molecule has 1 aromatic carbocycles. The molecule has 0 saturated heterocycles. The monoisotopic (exact) mass is 334 g/mol. The average molecular weight is 336 g/mol. The predicted octanol–water partition coefficient (Wildman–Crippen LogP) is 5.35. The molecule has 0 aliphatic carbocycles. The second-order valence-corrected chi connectivity index (χ2v) is 6.52. The first-order valence-corrected chi connectivity index (χ1v) is 7.34. The van der Waals surface area contributed by atoms with Crippen LogP contribution in [-0.4, -0.2) is 9.78 Å². The van der Waals surface area contributed by atoms with Gasteiger partial charge in [0.25, 0.3) is 0 Å². The predicted molar refractivity (Wildman–Crippen MR) is 81.8 cm³/mol. The van der Waals surface area contributed by atoms with E-state index in [1.807, 2.05) is 20.8 Å². The van der Waals surface area contributed by atoms with Crippen LogP contribution in [0.1, 0.15) is 32.0 Å². The van der Waals surface area contributed by atoms with Crippen molar-refractivity contribution in [2.24, 2.45) is 0 Å². The number of benzene rings is 1. The normalized spacial score (nSPS) is 11.9. The lowest BCUT2D eigenvalue weighted by Gasteiger charge is -2.16. The van der Waals surface area contributed by atoms with Gasteiger partial charge in [0, 0.05) is 11.0 Å². The molecule has 2 aromatic rings. The molecule has 0 aliphatic heterocycles. The number of nitrogens with zero attached hydrogens (tertiary/aromatic N) is 2. The summed E-state index contributed by atoms with van der Waals surface area (Å²) in [5.41, 5.74) is 1.31. The van der Waals surface area contributed by atoms with E-state index >= 15 is 0 Å². The fourth-order valence-electron chi connectivity index (χ4n) is 1.99. The molecule has 20 heavy (non-hydrogen) atoms. The van der Waals surface area contributed by atoms with Crippen LogP contribution in [-0.2, 0) is 11.3 Å². The molecule has 0 spiro atoms. The van der Waals surface area contributed by atoms with E-state index in [0.717, 1.165) is 5.69 Å². The summed E-state index contributed by atoms with van der Waals surface area (Å²) in [5.74, 6) is -0.277. The first-order chi connectivity index (χ1) is 9.27. The second-order valence-electron chi connectivity index (χ2n) is 5.48. The minimum atomic E-state index is -0.483. The van der Waals surface area contributed by atoms with Gasteiger partial charge < -0.3 is 0 Å². The van der Waals surface area contributed by atoms with Crippen LogP contribution < -0.4 is 0 Å². The molecule has 1 heterocycles. The average Bonchev–Trinajstić information content (AvgIpc) is 2.66. The molecule has 6 heteroatoms. The molecular formula is C14H14Cl3FN2. The lowest BCUT2D eigenvalue weighted by atomic mass is 9.90. The van der Waals surface area contributed by atoms with Crippen LogP contribution in [0, 0.1) is 5.82 Å². The Labute approximate surface area is 132 Å². The summed E-state index contributed by atoms with van der Waals surface area (Å²) < 4.78 is 15.3. The van der Waals surface area contributed by atoms with Gasteiger partial charge in [-0.3, -0.25) is 0 Å². The van der Waals surface area contributed by atoms with Crippen molar-refractivity contribution in [1.82, 2.24) is 9.78 Å². The lowest BCUT2D eigenvalue weighted by Crippen LogP contribution is -2.14. The fraction of sp³-hybridized carbons (Fsp3) is 0.357. The molecule has 1 aromatic heterocycles. The molecule has 0 N–H and O–H groups in total. The van der Waals surface area contributed by atoms with Crippen molar-refractivity contribution in [3.63, 3.8) is 0 Å². The first kappa shape index (κ1) is 15.6. The van der Waals surface area contributed by atoms with E-state index in [4.69, 9.17) is 34.8 Å². The van der Waals surface area contributed by atoms with E-state index < -0.39 is 5.82 Å². The highest BCUT2D eigenvalue weighted by Gasteiger charge is 2.27. The van der Waals surface area contributed by atoms with Crippen molar-refractivity contribution in [3.05, 3.63) is 45.4 Å². The highest BCUT2D eigenvalue weighted by Crippen LogP contribution is 2.35. The third-order valence-electron chi connectivity index (χ3n) is 2.91. The Hall–Kier alpha value is -0.770. The van der Waals surface area contributed by atoms with E-state index in [1.54, 1.807) is 6.07 Å². The van der Waals surface area contributed by atoms with Crippen molar-refractivity contribution in [3.8, 4) is 5.69 Å². The summed E-state index contributed by atoms with van der Waals surface area (Å²) in [4.78, 5) is 0. The Balaban J connectivity index is 2.74. The van der Waals surface area contributed by atoms with E-state index in [-0.39, 0.29) is 27.2 Å². The maximum atomic E-state index is 14.0.